The summed E-state index contributed by atoms with van der Waals surface area (Å²) in [6.45, 7) is -0.917. The van der Waals surface area contributed by atoms with Gasteiger partial charge in [0, 0.05) is 24.6 Å². The molecule has 2 atom stereocenters. The molecule has 1 aliphatic carbocycles. The van der Waals surface area contributed by atoms with E-state index in [-0.39, 0.29) is 12.8 Å². The second-order valence-corrected chi connectivity index (χ2v) is 10.00. The first-order valence-corrected chi connectivity index (χ1v) is 12.1. The van der Waals surface area contributed by atoms with Crippen molar-refractivity contribution in [3.05, 3.63) is 16.7 Å². The number of phenolic OH excluding ortho intramolecular Hbond substituents is 7. The summed E-state index contributed by atoms with van der Waals surface area (Å²) in [5, 5.41) is 147. The van der Waals surface area contributed by atoms with Crippen molar-refractivity contribution in [2.45, 2.75) is 36.4 Å². The van der Waals surface area contributed by atoms with Crippen molar-refractivity contribution in [2.75, 3.05) is 27.3 Å². The molecule has 4 rings (SSSR count). The van der Waals surface area contributed by atoms with Crippen LogP contribution in [0.4, 0.5) is 0 Å². The number of hydrogen-bond donors (Lipinski definition) is 14. The number of hydrogen-bond acceptors (Lipinski definition) is 17. The van der Waals surface area contributed by atoms with Gasteiger partial charge < -0.3 is 81.0 Å². The van der Waals surface area contributed by atoms with E-state index in [2.05, 4.69) is 0 Å². The van der Waals surface area contributed by atoms with Gasteiger partial charge in [0.15, 0.2) is 28.8 Å². The van der Waals surface area contributed by atoms with Gasteiger partial charge in [-0.05, 0) is 12.8 Å². The minimum atomic E-state index is -3.35. The maximum Gasteiger partial charge on any atom is 0.261 e. The van der Waals surface area contributed by atoms with Crippen LogP contribution in [0, 0.1) is 11.8 Å². The summed E-state index contributed by atoms with van der Waals surface area (Å²) in [4.78, 5) is 0.780. The lowest BCUT2D eigenvalue weighted by Gasteiger charge is -2.46. The molecule has 2 aromatic rings. The summed E-state index contributed by atoms with van der Waals surface area (Å²) < 4.78 is 9.94. The molecule has 17 nitrogen and oxygen atoms in total. The summed E-state index contributed by atoms with van der Waals surface area (Å²) in [6, 6.07) is 0. The zero-order valence-electron chi connectivity index (χ0n) is 21.6. The quantitative estimate of drug-likeness (QED) is 0.0951. The molecular weight excluding hydrogens is 558 g/mol. The van der Waals surface area contributed by atoms with Crippen LogP contribution < -0.4 is 9.47 Å². The fraction of sp³-hybridized carbons (Fsp3) is 0.500. The molecule has 228 valence electrons. The second kappa shape index (κ2) is 9.71. The molecule has 0 amide bonds. The van der Waals surface area contributed by atoms with Crippen molar-refractivity contribution < 1.29 is 81.0 Å². The Kier molecular flexibility index (Phi) is 7.17. The molecule has 1 saturated heterocycles. The molecule has 2 aromatic carbocycles. The number of benzene rings is 2. The minimum absolute atomic E-state index is 0.367. The van der Waals surface area contributed by atoms with E-state index >= 15 is 0 Å². The van der Waals surface area contributed by atoms with Crippen LogP contribution in [-0.4, -0.2) is 109 Å². The average molecular weight is 590 g/mol. The van der Waals surface area contributed by atoms with E-state index in [4.69, 9.17) is 9.47 Å². The molecule has 0 saturated carbocycles. The number of ether oxygens (including phenoxy) is 2. The lowest BCUT2D eigenvalue weighted by Crippen LogP contribution is -2.58. The number of aliphatic hydroxyl groups is 7. The molecule has 1 heterocycles. The normalized spacial score (nSPS) is 21.6. The molecule has 1 aliphatic heterocycles. The maximum atomic E-state index is 11.2. The summed E-state index contributed by atoms with van der Waals surface area (Å²) in [6.07, 6.45) is -2.92. The topological polar surface area (TPSA) is 305 Å². The van der Waals surface area contributed by atoms with E-state index < -0.39 is 117 Å². The molecule has 14 N–H and O–H groups in total. The molecule has 17 heteroatoms. The second-order valence-electron chi connectivity index (χ2n) is 10.00. The van der Waals surface area contributed by atoms with Crippen molar-refractivity contribution in [3.8, 4) is 51.7 Å². The van der Waals surface area contributed by atoms with Crippen molar-refractivity contribution in [2.24, 2.45) is 11.8 Å². The monoisotopic (exact) mass is 589 g/mol. The van der Waals surface area contributed by atoms with Gasteiger partial charge in [-0.2, -0.15) is 0 Å². The highest BCUT2D eigenvalue weighted by molar-refractivity contribution is 5.70. The number of aromatic hydroxyl groups is 7. The first kappa shape index (κ1) is 30.3. The zero-order valence-corrected chi connectivity index (χ0v) is 21.6. The zero-order chi connectivity index (χ0) is 31.0. The predicted molar refractivity (Wildman–Crippen MR) is 130 cm³/mol. The van der Waals surface area contributed by atoms with E-state index in [1.54, 1.807) is 0 Å². The Morgan fingerprint density at radius 3 is 1.61 bits per heavy atom. The fourth-order valence-electron chi connectivity index (χ4n) is 5.84. The summed E-state index contributed by atoms with van der Waals surface area (Å²) in [5.74, 6) is -23.1. The van der Waals surface area contributed by atoms with Crippen LogP contribution in [0.15, 0.2) is 0 Å². The molecule has 1 fully saturated rings. The van der Waals surface area contributed by atoms with E-state index in [1.807, 2.05) is 0 Å². The van der Waals surface area contributed by atoms with Crippen LogP contribution in [0.5, 0.6) is 51.7 Å². The summed E-state index contributed by atoms with van der Waals surface area (Å²) >= 11 is 0. The first-order valence-electron chi connectivity index (χ1n) is 12.1. The van der Waals surface area contributed by atoms with Crippen molar-refractivity contribution >= 4 is 0 Å². The number of fused-ring (bicyclic) bond motifs is 1. The van der Waals surface area contributed by atoms with E-state index in [1.165, 1.54) is 0 Å². The van der Waals surface area contributed by atoms with E-state index in [0.717, 1.165) is 19.1 Å². The molecule has 2 unspecified atom stereocenters. The Morgan fingerprint density at radius 1 is 0.707 bits per heavy atom. The Labute approximate surface area is 230 Å². The number of rotatable bonds is 6. The van der Waals surface area contributed by atoms with Gasteiger partial charge in [-0.25, -0.2) is 4.90 Å². The fourth-order valence-corrected chi connectivity index (χ4v) is 5.84. The third-order valence-electron chi connectivity index (χ3n) is 7.92. The van der Waals surface area contributed by atoms with Crippen molar-refractivity contribution in [3.63, 3.8) is 0 Å². The third kappa shape index (κ3) is 4.09. The Morgan fingerprint density at radius 2 is 1.15 bits per heavy atom. The van der Waals surface area contributed by atoms with Crippen LogP contribution in [0.25, 0.3) is 0 Å². The van der Waals surface area contributed by atoms with E-state index in [9.17, 15) is 71.5 Å². The SMILES string of the molecule is COc1c(O)c2c(c(O)c1OC)C(O)(O)C(C(O)(O)C1CCN(C(O)(O)c3c(O)c(O)c(O)c(O)c3O)CC1)C2O. The molecule has 41 heavy (non-hydrogen) atoms. The smallest absolute Gasteiger partial charge is 0.261 e. The van der Waals surface area contributed by atoms with Gasteiger partial charge in [0.05, 0.1) is 25.9 Å². The lowest BCUT2D eigenvalue weighted by atomic mass is 9.76. The lowest BCUT2D eigenvalue weighted by molar-refractivity contribution is -0.346. The standard InChI is InChI=1S/C24H31NO16/c1-40-19-11(26)8-9(15(30)20(19)41-2)23(36,37)21(12(8)27)22(34,35)7-3-5-25(6-4-7)24(38,39)10-13(28)16(31)18(33)17(32)14(10)29/h7,12,21,26-39H,3-6H2,1-2H3. The van der Waals surface area contributed by atoms with Gasteiger partial charge in [0.2, 0.25) is 34.5 Å². The highest BCUT2D eigenvalue weighted by Gasteiger charge is 2.64. The van der Waals surface area contributed by atoms with Gasteiger partial charge in [-0.1, -0.05) is 0 Å². The molecule has 0 bridgehead atoms. The van der Waals surface area contributed by atoms with Crippen LogP contribution in [0.1, 0.15) is 35.6 Å². The van der Waals surface area contributed by atoms with Crippen molar-refractivity contribution in [1.29, 1.82) is 0 Å². The molecule has 0 radical (unpaired) electrons. The van der Waals surface area contributed by atoms with Gasteiger partial charge >= 0.3 is 0 Å². The summed E-state index contributed by atoms with van der Waals surface area (Å²) in [7, 11) is 2.16. The van der Waals surface area contributed by atoms with Gasteiger partial charge in [-0.3, -0.25) is 0 Å². The predicted octanol–water partition coefficient (Wildman–Crippen LogP) is -2.37. The molecular formula is C24H31NO16. The Hall–Kier alpha value is -3.68. The average Bonchev–Trinajstić information content (AvgIpc) is 3.13. The number of phenols is 7. The van der Waals surface area contributed by atoms with Crippen LogP contribution in [0.3, 0.4) is 0 Å². The highest BCUT2D eigenvalue weighted by atomic mass is 16.5. The van der Waals surface area contributed by atoms with Crippen LogP contribution in [-0.2, 0) is 11.7 Å². The molecule has 2 aliphatic rings. The maximum absolute atomic E-state index is 11.2. The molecule has 0 spiro atoms. The van der Waals surface area contributed by atoms with E-state index in [0.29, 0.717) is 0 Å². The number of piperidine rings is 1. The minimum Gasteiger partial charge on any atom is -0.504 e. The Balaban J connectivity index is 1.65. The number of methoxy groups -OCH3 is 2. The Bertz CT molecular complexity index is 1340. The summed E-state index contributed by atoms with van der Waals surface area (Å²) in [5.41, 5.74) is -2.72. The number of likely N-dealkylation sites (tertiary alicyclic amines) is 1. The largest absolute Gasteiger partial charge is 0.504 e. The number of aliphatic hydroxyl groups excluding tert-OH is 1. The first-order chi connectivity index (χ1) is 18.9. The van der Waals surface area contributed by atoms with Crippen molar-refractivity contribution in [1.82, 2.24) is 4.90 Å². The molecule has 0 aromatic heterocycles. The van der Waals surface area contributed by atoms with Gasteiger partial charge in [0.1, 0.15) is 11.5 Å². The third-order valence-corrected chi connectivity index (χ3v) is 7.92. The van der Waals surface area contributed by atoms with Crippen LogP contribution in [0.2, 0.25) is 0 Å². The van der Waals surface area contributed by atoms with Gasteiger partial charge in [-0.15, -0.1) is 0 Å². The van der Waals surface area contributed by atoms with Crippen LogP contribution >= 0.6 is 0 Å². The van der Waals surface area contributed by atoms with Gasteiger partial charge in [0.25, 0.3) is 5.91 Å². The highest BCUT2D eigenvalue weighted by Crippen LogP contribution is 2.63. The number of nitrogens with zero attached hydrogens (tertiary/aromatic N) is 1.